The number of hydrogen-bond donors (Lipinski definition) is 1. The first-order valence-corrected chi connectivity index (χ1v) is 9.10. The molecule has 5 nitrogen and oxygen atoms in total. The van der Waals surface area contributed by atoms with Gasteiger partial charge in [-0.3, -0.25) is 9.10 Å². The Morgan fingerprint density at radius 2 is 1.65 bits per heavy atom. The number of aryl methyl sites for hydroxylation is 1. The van der Waals surface area contributed by atoms with Crippen LogP contribution in [0.1, 0.15) is 12.0 Å². The van der Waals surface area contributed by atoms with E-state index in [9.17, 15) is 13.2 Å². The van der Waals surface area contributed by atoms with Crippen molar-refractivity contribution in [2.24, 2.45) is 0 Å². The van der Waals surface area contributed by atoms with Gasteiger partial charge < -0.3 is 5.32 Å². The van der Waals surface area contributed by atoms with Crippen LogP contribution in [-0.4, -0.2) is 27.1 Å². The molecule has 1 N–H and O–H groups in total. The van der Waals surface area contributed by atoms with E-state index in [1.54, 1.807) is 24.3 Å². The predicted molar refractivity (Wildman–Crippen MR) is 93.1 cm³/mol. The second kappa shape index (κ2) is 7.28. The summed E-state index contributed by atoms with van der Waals surface area (Å²) in [4.78, 5) is 12.0. The minimum atomic E-state index is -3.44. The minimum Gasteiger partial charge on any atom is -0.326 e. The molecule has 0 spiro atoms. The van der Waals surface area contributed by atoms with E-state index in [4.69, 9.17) is 0 Å². The number of benzene rings is 2. The largest absolute Gasteiger partial charge is 0.326 e. The zero-order valence-electron chi connectivity index (χ0n) is 13.2. The Morgan fingerprint density at radius 1 is 1.04 bits per heavy atom. The van der Waals surface area contributed by atoms with E-state index in [-0.39, 0.29) is 18.9 Å². The van der Waals surface area contributed by atoms with E-state index in [0.717, 1.165) is 11.8 Å². The van der Waals surface area contributed by atoms with Crippen molar-refractivity contribution in [2.45, 2.75) is 13.3 Å². The number of nitrogens with one attached hydrogen (secondary N) is 1. The van der Waals surface area contributed by atoms with Gasteiger partial charge in [0.1, 0.15) is 0 Å². The molecule has 0 saturated heterocycles. The summed E-state index contributed by atoms with van der Waals surface area (Å²) in [5.74, 6) is -0.224. The molecule has 0 aromatic heterocycles. The van der Waals surface area contributed by atoms with Crippen LogP contribution in [0.4, 0.5) is 11.4 Å². The van der Waals surface area contributed by atoms with Crippen LogP contribution in [0, 0.1) is 6.92 Å². The summed E-state index contributed by atoms with van der Waals surface area (Å²) in [6.07, 6.45) is 1.22. The normalized spacial score (nSPS) is 11.0. The molecule has 1 amide bonds. The van der Waals surface area contributed by atoms with Crippen molar-refractivity contribution in [3.63, 3.8) is 0 Å². The molecule has 0 saturated carbocycles. The molecule has 2 aromatic carbocycles. The zero-order valence-corrected chi connectivity index (χ0v) is 14.0. The van der Waals surface area contributed by atoms with Crippen LogP contribution < -0.4 is 9.62 Å². The molecule has 0 heterocycles. The number of anilines is 2. The van der Waals surface area contributed by atoms with Gasteiger partial charge in [-0.25, -0.2) is 8.42 Å². The topological polar surface area (TPSA) is 66.5 Å². The Kier molecular flexibility index (Phi) is 5.39. The zero-order chi connectivity index (χ0) is 16.9. The molecule has 2 aromatic rings. The number of sulfonamides is 1. The maximum absolute atomic E-state index is 12.0. The van der Waals surface area contributed by atoms with Gasteiger partial charge in [0.15, 0.2) is 0 Å². The van der Waals surface area contributed by atoms with Crippen LogP contribution in [0.25, 0.3) is 0 Å². The van der Waals surface area contributed by atoms with Gasteiger partial charge in [0.25, 0.3) is 0 Å². The SMILES string of the molecule is Cc1ccc(NC(=O)CCN(c2ccccc2)S(C)(=O)=O)cc1. The fourth-order valence-corrected chi connectivity index (χ4v) is 3.07. The highest BCUT2D eigenvalue weighted by molar-refractivity contribution is 7.92. The highest BCUT2D eigenvalue weighted by atomic mass is 32.2. The summed E-state index contributed by atoms with van der Waals surface area (Å²) < 4.78 is 25.1. The van der Waals surface area contributed by atoms with E-state index < -0.39 is 10.0 Å². The molecule has 23 heavy (non-hydrogen) atoms. The smallest absolute Gasteiger partial charge is 0.232 e. The highest BCUT2D eigenvalue weighted by Gasteiger charge is 2.18. The number of nitrogens with zero attached hydrogens (tertiary/aromatic N) is 1. The van der Waals surface area contributed by atoms with Crippen LogP contribution in [0.5, 0.6) is 0 Å². The standard InChI is InChI=1S/C17H20N2O3S/c1-14-8-10-15(11-9-14)18-17(20)12-13-19(23(2,21)22)16-6-4-3-5-7-16/h3-11H,12-13H2,1-2H3,(H,18,20). The number of rotatable bonds is 6. The van der Waals surface area contributed by atoms with Crippen molar-refractivity contribution in [1.29, 1.82) is 0 Å². The van der Waals surface area contributed by atoms with Gasteiger partial charge in [0.2, 0.25) is 15.9 Å². The second-order valence-corrected chi connectivity index (χ2v) is 7.24. The van der Waals surface area contributed by atoms with Crippen LogP contribution in [-0.2, 0) is 14.8 Å². The van der Waals surface area contributed by atoms with Crippen molar-refractivity contribution >= 4 is 27.3 Å². The van der Waals surface area contributed by atoms with Gasteiger partial charge in [0, 0.05) is 18.7 Å². The van der Waals surface area contributed by atoms with E-state index in [2.05, 4.69) is 5.32 Å². The van der Waals surface area contributed by atoms with Crippen LogP contribution >= 0.6 is 0 Å². The van der Waals surface area contributed by atoms with Crippen molar-refractivity contribution in [3.05, 3.63) is 60.2 Å². The summed E-state index contributed by atoms with van der Waals surface area (Å²) in [6, 6.07) is 16.2. The quantitative estimate of drug-likeness (QED) is 0.884. The average molecular weight is 332 g/mol. The van der Waals surface area contributed by atoms with E-state index in [1.807, 2.05) is 37.3 Å². The molecular formula is C17H20N2O3S. The first-order chi connectivity index (χ1) is 10.9. The van der Waals surface area contributed by atoms with Crippen LogP contribution in [0.3, 0.4) is 0 Å². The summed E-state index contributed by atoms with van der Waals surface area (Å²) in [6.45, 7) is 2.07. The molecule has 2 rings (SSSR count). The third-order valence-corrected chi connectivity index (χ3v) is 4.52. The molecule has 0 atom stereocenters. The van der Waals surface area contributed by atoms with Crippen molar-refractivity contribution < 1.29 is 13.2 Å². The third kappa shape index (κ3) is 5.10. The maximum atomic E-state index is 12.0. The Labute approximate surface area is 137 Å². The molecule has 0 radical (unpaired) electrons. The summed E-state index contributed by atoms with van der Waals surface area (Å²) in [5.41, 5.74) is 2.36. The number of carbonyl (C=O) groups is 1. The lowest BCUT2D eigenvalue weighted by atomic mass is 10.2. The molecule has 6 heteroatoms. The Hall–Kier alpha value is -2.34. The maximum Gasteiger partial charge on any atom is 0.232 e. The second-order valence-electron chi connectivity index (χ2n) is 5.33. The summed E-state index contributed by atoms with van der Waals surface area (Å²) in [7, 11) is -3.44. The molecule has 0 unspecified atom stereocenters. The van der Waals surface area contributed by atoms with Gasteiger partial charge in [-0.1, -0.05) is 35.9 Å². The van der Waals surface area contributed by atoms with Crippen molar-refractivity contribution in [1.82, 2.24) is 0 Å². The van der Waals surface area contributed by atoms with Gasteiger partial charge in [-0.15, -0.1) is 0 Å². The van der Waals surface area contributed by atoms with Gasteiger partial charge in [0.05, 0.1) is 11.9 Å². The van der Waals surface area contributed by atoms with E-state index in [1.165, 1.54) is 4.31 Å². The van der Waals surface area contributed by atoms with Gasteiger partial charge in [-0.2, -0.15) is 0 Å². The summed E-state index contributed by atoms with van der Waals surface area (Å²) >= 11 is 0. The number of carbonyl (C=O) groups excluding carboxylic acids is 1. The molecule has 0 aliphatic heterocycles. The third-order valence-electron chi connectivity index (χ3n) is 3.32. The molecule has 0 fully saturated rings. The highest BCUT2D eigenvalue weighted by Crippen LogP contribution is 2.17. The lowest BCUT2D eigenvalue weighted by Crippen LogP contribution is -2.32. The first kappa shape index (κ1) is 17.0. The minimum absolute atomic E-state index is 0.0792. The van der Waals surface area contributed by atoms with Crippen LogP contribution in [0.2, 0.25) is 0 Å². The lowest BCUT2D eigenvalue weighted by molar-refractivity contribution is -0.116. The summed E-state index contributed by atoms with van der Waals surface area (Å²) in [5, 5.41) is 2.77. The number of hydrogen-bond acceptors (Lipinski definition) is 3. The lowest BCUT2D eigenvalue weighted by Gasteiger charge is -2.22. The van der Waals surface area contributed by atoms with Crippen molar-refractivity contribution in [2.75, 3.05) is 22.4 Å². The van der Waals surface area contributed by atoms with Crippen LogP contribution in [0.15, 0.2) is 54.6 Å². The fourth-order valence-electron chi connectivity index (χ4n) is 2.14. The predicted octanol–water partition coefficient (Wildman–Crippen LogP) is 2.79. The fraction of sp³-hybridized carbons (Fsp3) is 0.235. The Balaban J connectivity index is 2.01. The molecule has 122 valence electrons. The van der Waals surface area contributed by atoms with E-state index >= 15 is 0 Å². The Morgan fingerprint density at radius 3 is 2.22 bits per heavy atom. The van der Waals surface area contributed by atoms with Crippen molar-refractivity contribution in [3.8, 4) is 0 Å². The Bertz CT molecular complexity index is 756. The molecular weight excluding hydrogens is 312 g/mol. The van der Waals surface area contributed by atoms with Gasteiger partial charge in [-0.05, 0) is 31.2 Å². The molecule has 0 aliphatic carbocycles. The molecule has 0 aliphatic rings. The average Bonchev–Trinajstić information content (AvgIpc) is 2.49. The number of para-hydroxylation sites is 1. The van der Waals surface area contributed by atoms with Gasteiger partial charge >= 0.3 is 0 Å². The van der Waals surface area contributed by atoms with E-state index in [0.29, 0.717) is 11.4 Å². The monoisotopic (exact) mass is 332 g/mol. The number of amides is 1. The molecule has 0 bridgehead atoms. The first-order valence-electron chi connectivity index (χ1n) is 7.25.